The van der Waals surface area contributed by atoms with Crippen LogP contribution in [-0.4, -0.2) is 20.9 Å². The molecule has 0 atom stereocenters. The molecule has 0 radical (unpaired) electrons. The zero-order valence-electron chi connectivity index (χ0n) is 18.1. The van der Waals surface area contributed by atoms with E-state index >= 15 is 0 Å². The molecule has 1 aliphatic rings. The predicted octanol–water partition coefficient (Wildman–Crippen LogP) is 5.25. The highest BCUT2D eigenvalue weighted by atomic mass is 32.2. The molecule has 32 heavy (non-hydrogen) atoms. The van der Waals surface area contributed by atoms with Crippen LogP contribution in [0.3, 0.4) is 0 Å². The number of fused-ring (bicyclic) bond motifs is 2. The van der Waals surface area contributed by atoms with Gasteiger partial charge in [-0.05, 0) is 79.9 Å². The molecule has 8 heteroatoms. The summed E-state index contributed by atoms with van der Waals surface area (Å²) in [5.41, 5.74) is 2.76. The van der Waals surface area contributed by atoms with Crippen molar-refractivity contribution in [2.45, 2.75) is 32.1 Å². The fraction of sp³-hybridized carbons (Fsp3) is 0.208. The smallest absolute Gasteiger partial charge is 0.261 e. The van der Waals surface area contributed by atoms with E-state index in [1.165, 1.54) is 12.1 Å². The van der Waals surface area contributed by atoms with Crippen LogP contribution in [0.15, 0.2) is 59.5 Å². The first-order chi connectivity index (χ1) is 15.3. The minimum absolute atomic E-state index is 0.109. The van der Waals surface area contributed by atoms with Gasteiger partial charge in [0, 0.05) is 5.69 Å². The maximum Gasteiger partial charge on any atom is 0.261 e. The molecule has 0 unspecified atom stereocenters. The highest BCUT2D eigenvalue weighted by Gasteiger charge is 2.23. The Morgan fingerprint density at radius 3 is 2.53 bits per heavy atom. The first kappa shape index (κ1) is 21.7. The quantitative estimate of drug-likeness (QED) is 0.533. The van der Waals surface area contributed by atoms with Gasteiger partial charge in [0.1, 0.15) is 11.5 Å². The van der Waals surface area contributed by atoms with E-state index in [2.05, 4.69) is 10.0 Å². The number of hydrogen-bond acceptors (Lipinski definition) is 5. The molecule has 0 aliphatic carbocycles. The second kappa shape index (κ2) is 8.55. The van der Waals surface area contributed by atoms with Crippen LogP contribution < -0.4 is 19.5 Å². The van der Waals surface area contributed by atoms with E-state index in [4.69, 9.17) is 9.47 Å². The lowest BCUT2D eigenvalue weighted by molar-refractivity contribution is 0.102. The molecule has 166 valence electrons. The number of sulfonamides is 1. The van der Waals surface area contributed by atoms with E-state index in [1.807, 2.05) is 26.0 Å². The number of anilines is 2. The second-order valence-corrected chi connectivity index (χ2v) is 9.33. The average Bonchev–Trinajstić information content (AvgIpc) is 2.88. The maximum absolute atomic E-state index is 12.9. The SMILES string of the molecule is CCCOc1ccc(S(=O)(=O)Nc2ccc3c(c2)C(=O)Nc2cc(C)ccc2O3)cc1C. The van der Waals surface area contributed by atoms with Gasteiger partial charge in [-0.15, -0.1) is 0 Å². The van der Waals surface area contributed by atoms with Gasteiger partial charge in [0.15, 0.2) is 5.75 Å². The fourth-order valence-corrected chi connectivity index (χ4v) is 4.51. The Labute approximate surface area is 187 Å². The third-order valence-corrected chi connectivity index (χ3v) is 6.38. The molecule has 0 aromatic heterocycles. The number of nitrogens with one attached hydrogen (secondary N) is 2. The molecule has 0 bridgehead atoms. The van der Waals surface area contributed by atoms with Gasteiger partial charge in [-0.1, -0.05) is 13.0 Å². The van der Waals surface area contributed by atoms with Crippen molar-refractivity contribution < 1.29 is 22.7 Å². The normalized spacial score (nSPS) is 12.7. The van der Waals surface area contributed by atoms with Gasteiger partial charge in [-0.25, -0.2) is 8.42 Å². The molecule has 4 rings (SSSR count). The van der Waals surface area contributed by atoms with Crippen molar-refractivity contribution in [3.8, 4) is 17.2 Å². The molecule has 0 spiro atoms. The van der Waals surface area contributed by atoms with E-state index in [9.17, 15) is 13.2 Å². The highest BCUT2D eigenvalue weighted by Crippen LogP contribution is 2.37. The molecule has 0 fully saturated rings. The van der Waals surface area contributed by atoms with Crippen LogP contribution in [0.4, 0.5) is 11.4 Å². The zero-order chi connectivity index (χ0) is 22.9. The molecule has 3 aromatic carbocycles. The number of hydrogen-bond donors (Lipinski definition) is 2. The van der Waals surface area contributed by atoms with Crippen LogP contribution in [0, 0.1) is 13.8 Å². The zero-order valence-corrected chi connectivity index (χ0v) is 18.9. The van der Waals surface area contributed by atoms with E-state index in [1.54, 1.807) is 37.3 Å². The molecule has 1 aliphatic heterocycles. The standard InChI is InChI=1S/C24H24N2O5S/c1-4-11-30-21-10-7-18(13-16(21)3)32(28,29)26-17-6-9-22-19(14-17)24(27)25-20-12-15(2)5-8-23(20)31-22/h5-10,12-14,26H,4,11H2,1-3H3,(H,25,27). The Morgan fingerprint density at radius 1 is 1.00 bits per heavy atom. The molecular formula is C24H24N2O5S. The van der Waals surface area contributed by atoms with Gasteiger partial charge >= 0.3 is 0 Å². The molecule has 3 aromatic rings. The molecular weight excluding hydrogens is 428 g/mol. The number of ether oxygens (including phenoxy) is 2. The third kappa shape index (κ3) is 4.40. The average molecular weight is 453 g/mol. The van der Waals surface area contributed by atoms with Crippen molar-refractivity contribution in [2.75, 3.05) is 16.6 Å². The maximum atomic E-state index is 12.9. The summed E-state index contributed by atoms with van der Waals surface area (Å²) >= 11 is 0. The van der Waals surface area contributed by atoms with E-state index < -0.39 is 10.0 Å². The Balaban J connectivity index is 1.60. The van der Waals surface area contributed by atoms with Gasteiger partial charge in [0.2, 0.25) is 0 Å². The summed E-state index contributed by atoms with van der Waals surface area (Å²) in [5.74, 6) is 1.15. The minimum atomic E-state index is -3.86. The van der Waals surface area contributed by atoms with E-state index in [0.717, 1.165) is 17.5 Å². The lowest BCUT2D eigenvalue weighted by Gasteiger charge is -2.13. The largest absolute Gasteiger partial charge is 0.493 e. The fourth-order valence-electron chi connectivity index (χ4n) is 3.38. The summed E-state index contributed by atoms with van der Waals surface area (Å²) in [7, 11) is -3.86. The number of rotatable bonds is 6. The van der Waals surface area contributed by atoms with E-state index in [0.29, 0.717) is 29.5 Å². The van der Waals surface area contributed by atoms with Crippen LogP contribution >= 0.6 is 0 Å². The molecule has 7 nitrogen and oxygen atoms in total. The van der Waals surface area contributed by atoms with Crippen molar-refractivity contribution in [3.63, 3.8) is 0 Å². The summed E-state index contributed by atoms with van der Waals surface area (Å²) in [6, 6.07) is 14.8. The number of amides is 1. The molecule has 1 heterocycles. The van der Waals surface area contributed by atoms with Crippen LogP contribution in [0.25, 0.3) is 0 Å². The summed E-state index contributed by atoms with van der Waals surface area (Å²) < 4.78 is 39.9. The summed E-state index contributed by atoms with van der Waals surface area (Å²) in [5, 5.41) is 2.82. The highest BCUT2D eigenvalue weighted by molar-refractivity contribution is 7.92. The lowest BCUT2D eigenvalue weighted by atomic mass is 10.1. The first-order valence-corrected chi connectivity index (χ1v) is 11.8. The molecule has 2 N–H and O–H groups in total. The molecule has 0 saturated heterocycles. The predicted molar refractivity (Wildman–Crippen MR) is 123 cm³/mol. The van der Waals surface area contributed by atoms with Crippen molar-refractivity contribution in [1.82, 2.24) is 0 Å². The van der Waals surface area contributed by atoms with Crippen LogP contribution in [0.1, 0.15) is 34.8 Å². The molecule has 0 saturated carbocycles. The number of benzene rings is 3. The van der Waals surface area contributed by atoms with Crippen molar-refractivity contribution in [2.24, 2.45) is 0 Å². The minimum Gasteiger partial charge on any atom is -0.493 e. The number of carbonyl (C=O) groups excluding carboxylic acids is 1. The van der Waals surface area contributed by atoms with Gasteiger partial charge in [0.05, 0.1) is 22.8 Å². The summed E-state index contributed by atoms with van der Waals surface area (Å²) in [6.07, 6.45) is 0.862. The van der Waals surface area contributed by atoms with Crippen LogP contribution in [0.2, 0.25) is 0 Å². The summed E-state index contributed by atoms with van der Waals surface area (Å²) in [6.45, 7) is 6.28. The Kier molecular flexibility index (Phi) is 5.80. The lowest BCUT2D eigenvalue weighted by Crippen LogP contribution is -2.15. The van der Waals surface area contributed by atoms with Crippen LogP contribution in [-0.2, 0) is 10.0 Å². The third-order valence-electron chi connectivity index (χ3n) is 5.00. The van der Waals surface area contributed by atoms with Crippen molar-refractivity contribution >= 4 is 27.3 Å². The monoisotopic (exact) mass is 452 g/mol. The number of aryl methyl sites for hydroxylation is 2. The first-order valence-electron chi connectivity index (χ1n) is 10.3. The Bertz CT molecular complexity index is 1300. The number of carbonyl (C=O) groups is 1. The van der Waals surface area contributed by atoms with Crippen molar-refractivity contribution in [1.29, 1.82) is 0 Å². The topological polar surface area (TPSA) is 93.7 Å². The van der Waals surface area contributed by atoms with Gasteiger partial charge in [0.25, 0.3) is 15.9 Å². The second-order valence-electron chi connectivity index (χ2n) is 7.65. The van der Waals surface area contributed by atoms with Gasteiger partial charge in [-0.3, -0.25) is 9.52 Å². The Morgan fingerprint density at radius 2 is 1.78 bits per heavy atom. The van der Waals surface area contributed by atoms with Gasteiger partial charge in [-0.2, -0.15) is 0 Å². The molecule has 1 amide bonds. The van der Waals surface area contributed by atoms with Crippen LogP contribution in [0.5, 0.6) is 17.2 Å². The van der Waals surface area contributed by atoms with E-state index in [-0.39, 0.29) is 22.1 Å². The summed E-state index contributed by atoms with van der Waals surface area (Å²) in [4.78, 5) is 12.9. The van der Waals surface area contributed by atoms with Gasteiger partial charge < -0.3 is 14.8 Å². The van der Waals surface area contributed by atoms with Crippen molar-refractivity contribution in [3.05, 3.63) is 71.3 Å². The Hall–Kier alpha value is -3.52.